The summed E-state index contributed by atoms with van der Waals surface area (Å²) in [5.41, 5.74) is 2.86. The molecule has 1 fully saturated rings. The molecular weight excluding hydrogens is 494 g/mol. The van der Waals surface area contributed by atoms with Crippen LogP contribution >= 0.6 is 11.8 Å². The number of nitrogens with zero attached hydrogens (tertiary/aromatic N) is 3. The van der Waals surface area contributed by atoms with Gasteiger partial charge in [-0.15, -0.1) is 5.10 Å². The monoisotopic (exact) mass is 519 g/mol. The van der Waals surface area contributed by atoms with Crippen LogP contribution in [0.15, 0.2) is 134 Å². The second kappa shape index (κ2) is 12.1. The predicted molar refractivity (Wildman–Crippen MR) is 153 cm³/mol. The van der Waals surface area contributed by atoms with E-state index in [2.05, 4.69) is 10.2 Å². The summed E-state index contributed by atoms with van der Waals surface area (Å²) in [6.45, 7) is 2.24. The van der Waals surface area contributed by atoms with E-state index in [9.17, 15) is 4.79 Å². The minimum Gasteiger partial charge on any atom is -0.467 e. The molecule has 6 nitrogen and oxygen atoms in total. The topological polar surface area (TPSA) is 67.4 Å². The van der Waals surface area contributed by atoms with Gasteiger partial charge in [0.25, 0.3) is 5.91 Å². The predicted octanol–water partition coefficient (Wildman–Crippen LogP) is 7.52. The first kappa shape index (κ1) is 25.0. The van der Waals surface area contributed by atoms with Gasteiger partial charge in [-0.25, -0.2) is 0 Å². The summed E-state index contributed by atoms with van der Waals surface area (Å²) in [6, 6.07) is 30.8. The molecule has 5 rings (SSSR count). The molecule has 3 aromatic carbocycles. The summed E-state index contributed by atoms with van der Waals surface area (Å²) in [5, 5.41) is 9.17. The Bertz CT molecular complexity index is 1510. The number of amides is 1. The van der Waals surface area contributed by atoms with Crippen LogP contribution in [-0.2, 0) is 11.3 Å². The highest BCUT2D eigenvalue weighted by molar-refractivity contribution is 8.18. The molecule has 1 aromatic heterocycles. The molecule has 2 heterocycles. The lowest BCUT2D eigenvalue weighted by atomic mass is 10.1. The van der Waals surface area contributed by atoms with Crippen LogP contribution in [-0.4, -0.2) is 22.2 Å². The number of para-hydroxylation sites is 1. The van der Waals surface area contributed by atoms with E-state index in [1.807, 2.05) is 110 Å². The number of thioether (sulfide) groups is 1. The van der Waals surface area contributed by atoms with E-state index >= 15 is 0 Å². The lowest BCUT2D eigenvalue weighted by molar-refractivity contribution is -0.122. The maximum Gasteiger partial charge on any atom is 0.267 e. The summed E-state index contributed by atoms with van der Waals surface area (Å²) >= 11 is 1.29. The molecule has 0 atom stereocenters. The quantitative estimate of drug-likeness (QED) is 0.137. The number of rotatable bonds is 8. The van der Waals surface area contributed by atoms with E-state index in [4.69, 9.17) is 9.15 Å². The van der Waals surface area contributed by atoms with E-state index in [0.29, 0.717) is 21.6 Å². The standard InChI is InChI=1S/C31H25N3O3S/c1-23(18-24-10-4-2-5-11-24)19-29-30(35)34(22-28-16-9-17-36-28)31(38-29)33-32-21-25-12-8-15-27(20-25)37-26-13-6-3-7-14-26/h2-21H,22H2,1H3/b23-18+,29-19-,32-21+,33-31-. The molecule has 188 valence electrons. The first-order valence-electron chi connectivity index (χ1n) is 12.1. The number of furan rings is 1. The normalized spacial score (nSPS) is 16.2. The van der Waals surface area contributed by atoms with Gasteiger partial charge in [0.15, 0.2) is 5.17 Å². The fraction of sp³-hybridized carbons (Fsp3) is 0.0645. The number of ether oxygens (including phenoxy) is 1. The molecule has 0 spiro atoms. The van der Waals surface area contributed by atoms with Gasteiger partial charge in [0.05, 0.1) is 23.9 Å². The van der Waals surface area contributed by atoms with E-state index in [0.717, 1.165) is 22.4 Å². The van der Waals surface area contributed by atoms with E-state index in [-0.39, 0.29) is 12.5 Å². The highest BCUT2D eigenvalue weighted by Crippen LogP contribution is 2.33. The van der Waals surface area contributed by atoms with Crippen LogP contribution in [0, 0.1) is 0 Å². The maximum absolute atomic E-state index is 13.3. The van der Waals surface area contributed by atoms with Crippen LogP contribution in [0.3, 0.4) is 0 Å². The van der Waals surface area contributed by atoms with Gasteiger partial charge in [-0.05, 0) is 77.9 Å². The molecule has 1 aliphatic heterocycles. The fourth-order valence-corrected chi connectivity index (χ4v) is 4.75. The van der Waals surface area contributed by atoms with Crippen LogP contribution in [0.2, 0.25) is 0 Å². The fourth-order valence-electron chi connectivity index (χ4n) is 3.77. The molecule has 0 aliphatic carbocycles. The van der Waals surface area contributed by atoms with E-state index in [1.165, 1.54) is 11.8 Å². The number of amidine groups is 1. The Morgan fingerprint density at radius 1 is 0.921 bits per heavy atom. The second-order valence-electron chi connectivity index (χ2n) is 8.50. The summed E-state index contributed by atoms with van der Waals surface area (Å²) in [4.78, 5) is 15.5. The first-order valence-corrected chi connectivity index (χ1v) is 12.9. The molecule has 0 bridgehead atoms. The third-order valence-electron chi connectivity index (χ3n) is 5.52. The van der Waals surface area contributed by atoms with Gasteiger partial charge in [-0.2, -0.15) is 5.10 Å². The highest BCUT2D eigenvalue weighted by atomic mass is 32.2. The van der Waals surface area contributed by atoms with Gasteiger partial charge in [-0.1, -0.05) is 66.7 Å². The van der Waals surface area contributed by atoms with Crippen molar-refractivity contribution in [3.05, 3.63) is 137 Å². The smallest absolute Gasteiger partial charge is 0.267 e. The maximum atomic E-state index is 13.3. The molecule has 0 N–H and O–H groups in total. The minimum atomic E-state index is -0.139. The van der Waals surface area contributed by atoms with Crippen molar-refractivity contribution in [2.24, 2.45) is 10.2 Å². The van der Waals surface area contributed by atoms with Crippen molar-refractivity contribution in [3.8, 4) is 11.5 Å². The molecule has 1 saturated heterocycles. The van der Waals surface area contributed by atoms with Gasteiger partial charge < -0.3 is 9.15 Å². The number of carbonyl (C=O) groups is 1. The average Bonchev–Trinajstić information content (AvgIpc) is 3.54. The van der Waals surface area contributed by atoms with Crippen molar-refractivity contribution in [2.75, 3.05) is 0 Å². The summed E-state index contributed by atoms with van der Waals surface area (Å²) in [5.74, 6) is 1.98. The van der Waals surface area contributed by atoms with Crippen molar-refractivity contribution in [2.45, 2.75) is 13.5 Å². The van der Waals surface area contributed by atoms with Crippen molar-refractivity contribution in [1.82, 2.24) is 4.90 Å². The van der Waals surface area contributed by atoms with Gasteiger partial charge in [0, 0.05) is 0 Å². The molecule has 38 heavy (non-hydrogen) atoms. The third kappa shape index (κ3) is 6.57. The molecular formula is C31H25N3O3S. The molecule has 0 unspecified atom stereocenters. The van der Waals surface area contributed by atoms with Crippen LogP contribution in [0.4, 0.5) is 0 Å². The van der Waals surface area contributed by atoms with Crippen molar-refractivity contribution >= 4 is 35.1 Å². The average molecular weight is 520 g/mol. The van der Waals surface area contributed by atoms with Gasteiger partial charge in [-0.3, -0.25) is 9.69 Å². The molecule has 7 heteroatoms. The van der Waals surface area contributed by atoms with Gasteiger partial charge >= 0.3 is 0 Å². The van der Waals surface area contributed by atoms with Gasteiger partial charge in [0.2, 0.25) is 0 Å². The van der Waals surface area contributed by atoms with Crippen molar-refractivity contribution in [1.29, 1.82) is 0 Å². The lowest BCUT2D eigenvalue weighted by Crippen LogP contribution is -2.28. The third-order valence-corrected chi connectivity index (χ3v) is 6.52. The molecule has 1 aliphatic rings. The Labute approximate surface area is 225 Å². The Hall–Kier alpha value is -4.62. The zero-order valence-corrected chi connectivity index (χ0v) is 21.5. The largest absolute Gasteiger partial charge is 0.467 e. The Morgan fingerprint density at radius 2 is 1.66 bits per heavy atom. The first-order chi connectivity index (χ1) is 18.6. The Kier molecular flexibility index (Phi) is 7.96. The number of hydrogen-bond acceptors (Lipinski definition) is 6. The SMILES string of the molecule is CC(/C=C1\S/C(=N\N=C\c2cccc(Oc3ccccc3)c2)N(Cc2ccco2)C1=O)=C\c1ccccc1. The van der Waals surface area contributed by atoms with Crippen LogP contribution in [0.25, 0.3) is 6.08 Å². The number of benzene rings is 3. The van der Waals surface area contributed by atoms with Crippen molar-refractivity contribution in [3.63, 3.8) is 0 Å². The second-order valence-corrected chi connectivity index (χ2v) is 9.50. The van der Waals surface area contributed by atoms with E-state index < -0.39 is 0 Å². The van der Waals surface area contributed by atoms with Crippen molar-refractivity contribution < 1.29 is 13.9 Å². The van der Waals surface area contributed by atoms with E-state index in [1.54, 1.807) is 23.4 Å². The Balaban J connectivity index is 1.36. The zero-order valence-electron chi connectivity index (χ0n) is 20.7. The molecule has 1 amide bonds. The number of hydrogen-bond donors (Lipinski definition) is 0. The van der Waals surface area contributed by atoms with Crippen LogP contribution < -0.4 is 4.74 Å². The summed E-state index contributed by atoms with van der Waals surface area (Å²) in [6.07, 6.45) is 7.15. The number of carbonyl (C=O) groups excluding carboxylic acids is 1. The lowest BCUT2D eigenvalue weighted by Gasteiger charge is -2.12. The number of allylic oxidation sites excluding steroid dienone is 2. The summed E-state index contributed by atoms with van der Waals surface area (Å²) in [7, 11) is 0. The zero-order chi connectivity index (χ0) is 26.2. The molecule has 4 aromatic rings. The summed E-state index contributed by atoms with van der Waals surface area (Å²) < 4.78 is 11.4. The minimum absolute atomic E-state index is 0.139. The molecule has 0 radical (unpaired) electrons. The molecule has 0 saturated carbocycles. The Morgan fingerprint density at radius 3 is 2.42 bits per heavy atom. The highest BCUT2D eigenvalue weighted by Gasteiger charge is 2.34. The van der Waals surface area contributed by atoms with Crippen LogP contribution in [0.1, 0.15) is 23.8 Å². The van der Waals surface area contributed by atoms with Crippen LogP contribution in [0.5, 0.6) is 11.5 Å². The van der Waals surface area contributed by atoms with Gasteiger partial charge in [0.1, 0.15) is 17.3 Å².